The number of anilines is 1. The normalized spacial score (nSPS) is 11.6. The van der Waals surface area contributed by atoms with E-state index in [0.29, 0.717) is 11.4 Å². The summed E-state index contributed by atoms with van der Waals surface area (Å²) in [6.07, 6.45) is 1.51. The van der Waals surface area contributed by atoms with E-state index in [1.54, 1.807) is 37.4 Å². The van der Waals surface area contributed by atoms with Crippen molar-refractivity contribution in [1.82, 2.24) is 14.8 Å². The van der Waals surface area contributed by atoms with Crippen LogP contribution < -0.4 is 5.32 Å². The van der Waals surface area contributed by atoms with Crippen LogP contribution in [0.4, 0.5) is 5.82 Å². The highest BCUT2D eigenvalue weighted by Gasteiger charge is 2.28. The highest BCUT2D eigenvalue weighted by atomic mass is 32.1. The van der Waals surface area contributed by atoms with Crippen LogP contribution in [0.25, 0.3) is 11.3 Å². The number of amides is 1. The number of rotatable bonds is 5. The summed E-state index contributed by atoms with van der Waals surface area (Å²) in [5, 5.41) is 18.7. The number of Topliss-reactive ketones (excluding diaryl/α,β-unsaturated/α-hetero) is 1. The quantitative estimate of drug-likeness (QED) is 0.553. The van der Waals surface area contributed by atoms with Crippen molar-refractivity contribution in [2.24, 2.45) is 13.0 Å². The Morgan fingerprint density at radius 3 is 2.77 bits per heavy atom. The predicted octanol–water partition coefficient (Wildman–Crippen LogP) is 2.81. The second-order valence-electron chi connectivity index (χ2n) is 5.59. The highest BCUT2D eigenvalue weighted by molar-refractivity contribution is 7.09. The molecule has 130 valence electrons. The summed E-state index contributed by atoms with van der Waals surface area (Å²) in [4.78, 5) is 29.5. The Bertz CT molecular complexity index is 1010. The molecule has 0 aliphatic heterocycles. The molecule has 0 spiro atoms. The fourth-order valence-corrected chi connectivity index (χ4v) is 3.05. The highest BCUT2D eigenvalue weighted by Crippen LogP contribution is 2.23. The summed E-state index contributed by atoms with van der Waals surface area (Å²) in [7, 11) is 1.65. The van der Waals surface area contributed by atoms with Crippen LogP contribution in [0.15, 0.2) is 41.9 Å². The van der Waals surface area contributed by atoms with Crippen LogP contribution in [0, 0.1) is 24.2 Å². The minimum atomic E-state index is -1.45. The van der Waals surface area contributed by atoms with Crippen molar-refractivity contribution in [2.75, 3.05) is 5.32 Å². The van der Waals surface area contributed by atoms with E-state index in [0.717, 1.165) is 16.3 Å². The maximum Gasteiger partial charge on any atom is 0.250 e. The Balaban J connectivity index is 1.84. The van der Waals surface area contributed by atoms with Crippen LogP contribution in [-0.2, 0) is 11.8 Å². The van der Waals surface area contributed by atoms with Crippen molar-refractivity contribution in [3.05, 3.63) is 52.5 Å². The monoisotopic (exact) mass is 365 g/mol. The Kier molecular flexibility index (Phi) is 4.91. The number of hydrogen-bond acceptors (Lipinski definition) is 6. The molecular formula is C18H15N5O2S. The number of aryl methyl sites for hydroxylation is 2. The fraction of sp³-hybridized carbons (Fsp3) is 0.167. The van der Waals surface area contributed by atoms with Gasteiger partial charge < -0.3 is 5.32 Å². The van der Waals surface area contributed by atoms with E-state index in [2.05, 4.69) is 15.4 Å². The standard InChI is InChI=1S/C18H15N5O2S/c1-11-21-15(10-26-11)12-4-3-5-13(8-12)17(24)14(9-19)18(25)22-16-6-7-20-23(16)2/h3-8,10,14H,1-2H3,(H,22,25). The van der Waals surface area contributed by atoms with Gasteiger partial charge in [-0.05, 0) is 13.0 Å². The van der Waals surface area contributed by atoms with Crippen molar-refractivity contribution in [1.29, 1.82) is 5.26 Å². The molecule has 0 fully saturated rings. The second kappa shape index (κ2) is 7.29. The lowest BCUT2D eigenvalue weighted by Gasteiger charge is -2.10. The summed E-state index contributed by atoms with van der Waals surface area (Å²) in [5.41, 5.74) is 1.82. The average molecular weight is 365 g/mol. The first-order valence-electron chi connectivity index (χ1n) is 7.75. The molecule has 0 aliphatic rings. The number of nitrogens with one attached hydrogen (secondary N) is 1. The Morgan fingerprint density at radius 1 is 1.35 bits per heavy atom. The maximum absolute atomic E-state index is 12.7. The van der Waals surface area contributed by atoms with Crippen molar-refractivity contribution >= 4 is 28.8 Å². The molecule has 0 saturated heterocycles. The summed E-state index contributed by atoms with van der Waals surface area (Å²) in [6.45, 7) is 1.90. The van der Waals surface area contributed by atoms with Crippen molar-refractivity contribution in [3.8, 4) is 17.3 Å². The fourth-order valence-electron chi connectivity index (χ4n) is 2.43. The van der Waals surface area contributed by atoms with Gasteiger partial charge in [-0.1, -0.05) is 18.2 Å². The third kappa shape index (κ3) is 3.53. The number of carbonyl (C=O) groups excluding carboxylic acids is 2. The van der Waals surface area contributed by atoms with E-state index >= 15 is 0 Å². The maximum atomic E-state index is 12.7. The zero-order chi connectivity index (χ0) is 18.7. The molecule has 1 N–H and O–H groups in total. The largest absolute Gasteiger partial charge is 0.309 e. The lowest BCUT2D eigenvalue weighted by molar-refractivity contribution is -0.117. The molecule has 1 aromatic carbocycles. The first-order chi connectivity index (χ1) is 12.5. The lowest BCUT2D eigenvalue weighted by atomic mass is 9.96. The molecule has 1 atom stereocenters. The van der Waals surface area contributed by atoms with E-state index in [4.69, 9.17) is 0 Å². The third-order valence-electron chi connectivity index (χ3n) is 3.79. The number of carbonyl (C=O) groups is 2. The van der Waals surface area contributed by atoms with E-state index in [1.165, 1.54) is 22.2 Å². The van der Waals surface area contributed by atoms with Crippen molar-refractivity contribution in [2.45, 2.75) is 6.92 Å². The Labute approximate surface area is 153 Å². The third-order valence-corrected chi connectivity index (χ3v) is 4.56. The molecule has 1 amide bonds. The molecule has 3 rings (SSSR count). The summed E-state index contributed by atoms with van der Waals surface area (Å²) in [5.74, 6) is -2.27. The van der Waals surface area contributed by atoms with Crippen molar-refractivity contribution in [3.63, 3.8) is 0 Å². The van der Waals surface area contributed by atoms with Gasteiger partial charge in [0.2, 0.25) is 0 Å². The number of thiazole rings is 1. The molecule has 2 heterocycles. The predicted molar refractivity (Wildman–Crippen MR) is 97.6 cm³/mol. The van der Waals surface area contributed by atoms with Crippen LogP contribution >= 0.6 is 11.3 Å². The molecule has 2 aromatic heterocycles. The van der Waals surface area contributed by atoms with Gasteiger partial charge in [0, 0.05) is 29.6 Å². The van der Waals surface area contributed by atoms with Gasteiger partial charge in [0.05, 0.1) is 23.0 Å². The number of nitrogens with zero attached hydrogens (tertiary/aromatic N) is 4. The molecule has 7 nitrogen and oxygen atoms in total. The van der Waals surface area contributed by atoms with Crippen LogP contribution in [0.5, 0.6) is 0 Å². The van der Waals surface area contributed by atoms with Gasteiger partial charge in [-0.3, -0.25) is 14.3 Å². The summed E-state index contributed by atoms with van der Waals surface area (Å²) in [6, 6.07) is 10.2. The summed E-state index contributed by atoms with van der Waals surface area (Å²) >= 11 is 1.51. The Morgan fingerprint density at radius 2 is 2.15 bits per heavy atom. The van der Waals surface area contributed by atoms with E-state index in [-0.39, 0.29) is 0 Å². The number of nitriles is 1. The number of aromatic nitrogens is 3. The topological polar surface area (TPSA) is 101 Å². The number of benzene rings is 1. The second-order valence-corrected chi connectivity index (χ2v) is 6.65. The smallest absolute Gasteiger partial charge is 0.250 e. The Hall–Kier alpha value is -3.31. The molecule has 1 unspecified atom stereocenters. The van der Waals surface area contributed by atoms with Crippen LogP contribution in [0.1, 0.15) is 15.4 Å². The van der Waals surface area contributed by atoms with Crippen molar-refractivity contribution < 1.29 is 9.59 Å². The molecule has 0 saturated carbocycles. The lowest BCUT2D eigenvalue weighted by Crippen LogP contribution is -2.29. The van der Waals surface area contributed by atoms with Crippen LogP contribution in [-0.4, -0.2) is 26.5 Å². The van der Waals surface area contributed by atoms with E-state index < -0.39 is 17.6 Å². The summed E-state index contributed by atoms with van der Waals surface area (Å²) < 4.78 is 1.45. The molecular weight excluding hydrogens is 350 g/mol. The van der Waals surface area contributed by atoms with Crippen LogP contribution in [0.2, 0.25) is 0 Å². The molecule has 0 aliphatic carbocycles. The van der Waals surface area contributed by atoms with Gasteiger partial charge in [0.15, 0.2) is 11.7 Å². The molecule has 26 heavy (non-hydrogen) atoms. The zero-order valence-corrected chi connectivity index (χ0v) is 14.9. The first kappa shape index (κ1) is 17.5. The van der Waals surface area contributed by atoms with Gasteiger partial charge in [-0.25, -0.2) is 4.98 Å². The van der Waals surface area contributed by atoms with E-state index in [1.807, 2.05) is 18.4 Å². The minimum Gasteiger partial charge on any atom is -0.309 e. The van der Waals surface area contributed by atoms with Gasteiger partial charge in [-0.15, -0.1) is 11.3 Å². The van der Waals surface area contributed by atoms with Gasteiger partial charge in [0.1, 0.15) is 5.82 Å². The molecule has 0 radical (unpaired) electrons. The van der Waals surface area contributed by atoms with Gasteiger partial charge in [0.25, 0.3) is 5.91 Å². The van der Waals surface area contributed by atoms with Gasteiger partial charge in [-0.2, -0.15) is 10.4 Å². The van der Waals surface area contributed by atoms with Crippen LogP contribution in [0.3, 0.4) is 0 Å². The minimum absolute atomic E-state index is 0.292. The van der Waals surface area contributed by atoms with Gasteiger partial charge >= 0.3 is 0 Å². The molecule has 8 heteroatoms. The SMILES string of the molecule is Cc1nc(-c2cccc(C(=O)C(C#N)C(=O)Nc3ccnn3C)c2)cs1. The molecule has 0 bridgehead atoms. The zero-order valence-electron chi connectivity index (χ0n) is 14.1. The number of hydrogen-bond donors (Lipinski definition) is 1. The number of ketones is 1. The average Bonchev–Trinajstić information content (AvgIpc) is 3.24. The molecule has 3 aromatic rings. The van der Waals surface area contributed by atoms with E-state index in [9.17, 15) is 14.9 Å². The first-order valence-corrected chi connectivity index (χ1v) is 8.63.